The van der Waals surface area contributed by atoms with Gasteiger partial charge in [-0.15, -0.1) is 0 Å². The number of nitrogens with zero attached hydrogens (tertiary/aromatic N) is 1. The normalized spacial score (nSPS) is 17.0. The minimum absolute atomic E-state index is 0.0578. The van der Waals surface area contributed by atoms with E-state index in [1.165, 1.54) is 0 Å². The molecule has 24 heavy (non-hydrogen) atoms. The summed E-state index contributed by atoms with van der Waals surface area (Å²) < 4.78 is 6.00. The summed E-state index contributed by atoms with van der Waals surface area (Å²) >= 11 is 0. The Bertz CT molecular complexity index is 722. The number of aryl methyl sites for hydroxylation is 2. The molecule has 0 aliphatic carbocycles. The van der Waals surface area contributed by atoms with Gasteiger partial charge in [0.05, 0.1) is 23.8 Å². The zero-order valence-corrected chi connectivity index (χ0v) is 14.5. The summed E-state index contributed by atoms with van der Waals surface area (Å²) in [6.45, 7) is 7.71. The number of carbonyl (C=O) groups excluding carboxylic acids is 1. The molecule has 2 aromatic carbocycles. The fourth-order valence-corrected chi connectivity index (χ4v) is 3.09. The number of fused-ring (bicyclic) bond motifs is 1. The molecule has 1 unspecified atom stereocenters. The minimum atomic E-state index is -0.0578. The molecule has 0 spiro atoms. The Kier molecular flexibility index (Phi) is 4.74. The van der Waals surface area contributed by atoms with E-state index in [2.05, 4.69) is 5.32 Å². The molecule has 0 saturated carbocycles. The summed E-state index contributed by atoms with van der Waals surface area (Å²) in [6.07, 6.45) is 0. The van der Waals surface area contributed by atoms with Crippen LogP contribution in [0, 0.1) is 19.8 Å². The maximum Gasteiger partial charge on any atom is 0.231 e. The molecule has 3 rings (SSSR count). The van der Waals surface area contributed by atoms with E-state index in [1.807, 2.05) is 68.1 Å². The Hall–Kier alpha value is -2.49. The molecule has 0 bridgehead atoms. The SMILES string of the molecule is Cc1cccc(C)c1OCCN1C(=O)C(C)CNc2ccccc21. The first-order valence-electron chi connectivity index (χ1n) is 8.41. The summed E-state index contributed by atoms with van der Waals surface area (Å²) in [5.41, 5.74) is 4.17. The molecule has 0 fully saturated rings. The van der Waals surface area contributed by atoms with Crippen LogP contribution >= 0.6 is 0 Å². The van der Waals surface area contributed by atoms with Crippen molar-refractivity contribution < 1.29 is 9.53 Å². The molecule has 4 nitrogen and oxygen atoms in total. The maximum absolute atomic E-state index is 12.7. The molecule has 0 radical (unpaired) electrons. The van der Waals surface area contributed by atoms with Gasteiger partial charge in [-0.05, 0) is 37.1 Å². The highest BCUT2D eigenvalue weighted by atomic mass is 16.5. The van der Waals surface area contributed by atoms with Gasteiger partial charge in [0, 0.05) is 6.54 Å². The Balaban J connectivity index is 1.77. The molecular weight excluding hydrogens is 300 g/mol. The highest BCUT2D eigenvalue weighted by Gasteiger charge is 2.27. The zero-order chi connectivity index (χ0) is 17.1. The lowest BCUT2D eigenvalue weighted by Crippen LogP contribution is -2.38. The summed E-state index contributed by atoms with van der Waals surface area (Å²) in [5, 5.41) is 3.36. The van der Waals surface area contributed by atoms with E-state index in [0.717, 1.165) is 28.3 Å². The molecule has 0 saturated heterocycles. The first-order valence-corrected chi connectivity index (χ1v) is 8.41. The number of anilines is 2. The Morgan fingerprint density at radius 3 is 2.58 bits per heavy atom. The van der Waals surface area contributed by atoms with E-state index in [9.17, 15) is 4.79 Å². The highest BCUT2D eigenvalue weighted by molar-refractivity contribution is 5.99. The standard InChI is InChI=1S/C20H24N2O2/c1-14-7-6-8-15(2)19(14)24-12-11-22-18-10-5-4-9-17(18)21-13-16(3)20(22)23/h4-10,16,21H,11-13H2,1-3H3. The fourth-order valence-electron chi connectivity index (χ4n) is 3.09. The first-order chi connectivity index (χ1) is 11.6. The number of amides is 1. The number of para-hydroxylation sites is 3. The Labute approximate surface area is 143 Å². The Morgan fingerprint density at radius 2 is 1.83 bits per heavy atom. The van der Waals surface area contributed by atoms with Gasteiger partial charge in [-0.3, -0.25) is 4.79 Å². The van der Waals surface area contributed by atoms with Crippen molar-refractivity contribution >= 4 is 17.3 Å². The minimum Gasteiger partial charge on any atom is -0.491 e. The van der Waals surface area contributed by atoms with E-state index >= 15 is 0 Å². The average Bonchev–Trinajstić information content (AvgIpc) is 2.69. The van der Waals surface area contributed by atoms with Crippen LogP contribution in [0.2, 0.25) is 0 Å². The van der Waals surface area contributed by atoms with Gasteiger partial charge in [0.25, 0.3) is 0 Å². The van der Waals surface area contributed by atoms with Crippen LogP contribution < -0.4 is 15.0 Å². The van der Waals surface area contributed by atoms with Gasteiger partial charge >= 0.3 is 0 Å². The molecule has 126 valence electrons. The number of carbonyl (C=O) groups is 1. The lowest BCUT2D eigenvalue weighted by molar-refractivity contribution is -0.121. The van der Waals surface area contributed by atoms with Crippen molar-refractivity contribution in [2.75, 3.05) is 29.9 Å². The number of hydrogen-bond acceptors (Lipinski definition) is 3. The largest absolute Gasteiger partial charge is 0.491 e. The first kappa shape index (κ1) is 16.4. The summed E-state index contributed by atoms with van der Waals surface area (Å²) in [5.74, 6) is 0.995. The van der Waals surface area contributed by atoms with Crippen LogP contribution in [0.1, 0.15) is 18.1 Å². The molecule has 2 aromatic rings. The average molecular weight is 324 g/mol. The van der Waals surface area contributed by atoms with Crippen LogP contribution in [-0.4, -0.2) is 25.6 Å². The van der Waals surface area contributed by atoms with Crippen molar-refractivity contribution in [1.29, 1.82) is 0 Å². The third-order valence-corrected chi connectivity index (χ3v) is 4.45. The van der Waals surface area contributed by atoms with E-state index in [0.29, 0.717) is 19.7 Å². The lowest BCUT2D eigenvalue weighted by Gasteiger charge is -2.24. The van der Waals surface area contributed by atoms with Crippen molar-refractivity contribution in [2.24, 2.45) is 5.92 Å². The quantitative estimate of drug-likeness (QED) is 0.930. The number of ether oxygens (including phenoxy) is 1. The summed E-state index contributed by atoms with van der Waals surface area (Å²) in [4.78, 5) is 14.6. The molecule has 1 atom stereocenters. The van der Waals surface area contributed by atoms with Crippen LogP contribution in [0.25, 0.3) is 0 Å². The van der Waals surface area contributed by atoms with Crippen molar-refractivity contribution in [1.82, 2.24) is 0 Å². The Morgan fingerprint density at radius 1 is 1.12 bits per heavy atom. The molecule has 4 heteroatoms. The number of benzene rings is 2. The second-order valence-corrected chi connectivity index (χ2v) is 6.36. The highest BCUT2D eigenvalue weighted by Crippen LogP contribution is 2.30. The predicted molar refractivity (Wildman–Crippen MR) is 97.9 cm³/mol. The molecule has 1 heterocycles. The fraction of sp³-hybridized carbons (Fsp3) is 0.350. The van der Waals surface area contributed by atoms with Gasteiger partial charge in [-0.1, -0.05) is 37.3 Å². The van der Waals surface area contributed by atoms with Gasteiger partial charge in [-0.25, -0.2) is 0 Å². The lowest BCUT2D eigenvalue weighted by atomic mass is 10.1. The molecule has 1 aliphatic heterocycles. The van der Waals surface area contributed by atoms with E-state index in [-0.39, 0.29) is 11.8 Å². The zero-order valence-electron chi connectivity index (χ0n) is 14.5. The maximum atomic E-state index is 12.7. The second kappa shape index (κ2) is 6.95. The number of rotatable bonds is 4. The molecular formula is C20H24N2O2. The molecule has 0 aromatic heterocycles. The number of nitrogens with one attached hydrogen (secondary N) is 1. The topological polar surface area (TPSA) is 41.6 Å². The smallest absolute Gasteiger partial charge is 0.231 e. The van der Waals surface area contributed by atoms with Gasteiger partial charge in [0.2, 0.25) is 5.91 Å². The van der Waals surface area contributed by atoms with E-state index in [4.69, 9.17) is 4.74 Å². The van der Waals surface area contributed by atoms with Gasteiger partial charge < -0.3 is 15.0 Å². The molecule has 1 N–H and O–H groups in total. The van der Waals surface area contributed by atoms with Crippen LogP contribution in [0.4, 0.5) is 11.4 Å². The summed E-state index contributed by atoms with van der Waals surface area (Å²) in [6, 6.07) is 14.1. The van der Waals surface area contributed by atoms with Crippen molar-refractivity contribution in [2.45, 2.75) is 20.8 Å². The second-order valence-electron chi connectivity index (χ2n) is 6.36. The van der Waals surface area contributed by atoms with Gasteiger partial charge in [0.1, 0.15) is 12.4 Å². The van der Waals surface area contributed by atoms with Crippen LogP contribution in [-0.2, 0) is 4.79 Å². The van der Waals surface area contributed by atoms with Crippen molar-refractivity contribution in [3.63, 3.8) is 0 Å². The van der Waals surface area contributed by atoms with Crippen molar-refractivity contribution in [3.05, 3.63) is 53.6 Å². The third kappa shape index (κ3) is 3.23. The summed E-state index contributed by atoms with van der Waals surface area (Å²) in [7, 11) is 0. The molecule has 1 aliphatic rings. The van der Waals surface area contributed by atoms with Gasteiger partial charge in [0.15, 0.2) is 0 Å². The number of hydrogen-bond donors (Lipinski definition) is 1. The van der Waals surface area contributed by atoms with Crippen molar-refractivity contribution in [3.8, 4) is 5.75 Å². The van der Waals surface area contributed by atoms with Crippen LogP contribution in [0.5, 0.6) is 5.75 Å². The van der Waals surface area contributed by atoms with E-state index < -0.39 is 0 Å². The molecule has 1 amide bonds. The van der Waals surface area contributed by atoms with Gasteiger partial charge in [-0.2, -0.15) is 0 Å². The van der Waals surface area contributed by atoms with Crippen LogP contribution in [0.15, 0.2) is 42.5 Å². The van der Waals surface area contributed by atoms with Crippen LogP contribution in [0.3, 0.4) is 0 Å². The monoisotopic (exact) mass is 324 g/mol. The van der Waals surface area contributed by atoms with E-state index in [1.54, 1.807) is 0 Å². The third-order valence-electron chi connectivity index (χ3n) is 4.45. The predicted octanol–water partition coefficient (Wildman–Crippen LogP) is 3.78.